The Morgan fingerprint density at radius 2 is 1.86 bits per heavy atom. The lowest BCUT2D eigenvalue weighted by atomic mass is 10.0. The molecule has 0 fully saturated rings. The first kappa shape index (κ1) is 14.7. The molecule has 0 saturated carbocycles. The van der Waals surface area contributed by atoms with Gasteiger partial charge in [0, 0.05) is 11.3 Å². The highest BCUT2D eigenvalue weighted by Crippen LogP contribution is 2.26. The van der Waals surface area contributed by atoms with E-state index < -0.39 is 5.97 Å². The van der Waals surface area contributed by atoms with Gasteiger partial charge in [-0.05, 0) is 30.2 Å². The number of rotatable bonds is 3. The number of benzene rings is 2. The van der Waals surface area contributed by atoms with E-state index in [2.05, 4.69) is 12.6 Å². The van der Waals surface area contributed by atoms with Gasteiger partial charge in [-0.2, -0.15) is 12.6 Å². The molecule has 0 atom stereocenters. The molecule has 3 rings (SSSR count). The molecule has 0 bridgehead atoms. The van der Waals surface area contributed by atoms with E-state index in [1.54, 1.807) is 24.3 Å². The fourth-order valence-corrected chi connectivity index (χ4v) is 2.99. The zero-order valence-electron chi connectivity index (χ0n) is 11.9. The average molecular weight is 314 g/mol. The first-order chi connectivity index (χ1) is 10.5. The van der Waals surface area contributed by atoms with Crippen LogP contribution in [0.25, 0.3) is 21.9 Å². The minimum Gasteiger partial charge on any atom is -0.481 e. The zero-order chi connectivity index (χ0) is 15.9. The second-order valence-corrected chi connectivity index (χ2v) is 5.50. The van der Waals surface area contributed by atoms with Crippen molar-refractivity contribution in [2.24, 2.45) is 0 Å². The van der Waals surface area contributed by atoms with Crippen molar-refractivity contribution < 1.29 is 14.3 Å². The van der Waals surface area contributed by atoms with Crippen molar-refractivity contribution in [2.75, 3.05) is 0 Å². The number of aliphatic carboxylic acids is 1. The second-order valence-electron chi connectivity index (χ2n) is 5.18. The lowest BCUT2D eigenvalue weighted by molar-refractivity contribution is -0.136. The summed E-state index contributed by atoms with van der Waals surface area (Å²) < 4.78 is 5.94. The summed E-state index contributed by atoms with van der Waals surface area (Å²) in [6.07, 6.45) is -0.183. The van der Waals surface area contributed by atoms with Crippen LogP contribution in [0.15, 0.2) is 39.5 Å². The van der Waals surface area contributed by atoms with Crippen molar-refractivity contribution in [1.29, 1.82) is 0 Å². The molecule has 0 spiro atoms. The number of aryl methyl sites for hydroxylation is 1. The normalized spacial score (nSPS) is 11.2. The fourth-order valence-electron chi connectivity index (χ4n) is 2.65. The predicted octanol–water partition coefficient (Wildman–Crippen LogP) is 3.31. The quantitative estimate of drug-likeness (QED) is 0.575. The number of carbonyl (C=O) groups is 1. The Morgan fingerprint density at radius 3 is 2.55 bits per heavy atom. The molecule has 1 N–H and O–H groups in total. The third-order valence-electron chi connectivity index (χ3n) is 3.82. The largest absolute Gasteiger partial charge is 0.481 e. The van der Waals surface area contributed by atoms with Gasteiger partial charge in [-0.1, -0.05) is 18.2 Å². The van der Waals surface area contributed by atoms with Crippen LogP contribution in [0.2, 0.25) is 0 Å². The van der Waals surface area contributed by atoms with E-state index in [9.17, 15) is 9.59 Å². The Hall–Kier alpha value is -2.27. The van der Waals surface area contributed by atoms with Crippen LogP contribution >= 0.6 is 12.6 Å². The van der Waals surface area contributed by atoms with Crippen LogP contribution in [-0.4, -0.2) is 11.1 Å². The molecule has 0 unspecified atom stereocenters. The predicted molar refractivity (Wildman–Crippen MR) is 88.8 cm³/mol. The molecule has 1 aromatic heterocycles. The molecular formula is C17H14O4S. The van der Waals surface area contributed by atoms with Crippen molar-refractivity contribution in [2.45, 2.75) is 19.1 Å². The maximum atomic E-state index is 12.7. The van der Waals surface area contributed by atoms with Crippen LogP contribution in [0.1, 0.15) is 16.7 Å². The highest BCUT2D eigenvalue weighted by Gasteiger charge is 2.15. The van der Waals surface area contributed by atoms with Gasteiger partial charge in [0.25, 0.3) is 0 Å². The highest BCUT2D eigenvalue weighted by molar-refractivity contribution is 7.79. The van der Waals surface area contributed by atoms with E-state index in [0.717, 1.165) is 11.1 Å². The summed E-state index contributed by atoms with van der Waals surface area (Å²) >= 11 is 4.27. The summed E-state index contributed by atoms with van der Waals surface area (Å²) in [4.78, 5) is 23.6. The topological polar surface area (TPSA) is 67.5 Å². The van der Waals surface area contributed by atoms with Crippen LogP contribution in [0.5, 0.6) is 0 Å². The number of hydrogen-bond donors (Lipinski definition) is 2. The van der Waals surface area contributed by atoms with Crippen LogP contribution < -0.4 is 5.43 Å². The van der Waals surface area contributed by atoms with Crippen molar-refractivity contribution in [1.82, 2.24) is 0 Å². The monoisotopic (exact) mass is 314 g/mol. The molecule has 112 valence electrons. The molecule has 4 nitrogen and oxygen atoms in total. The van der Waals surface area contributed by atoms with Crippen LogP contribution in [0.4, 0.5) is 0 Å². The molecule has 0 aliphatic rings. The number of carboxylic acids is 1. The van der Waals surface area contributed by atoms with E-state index in [4.69, 9.17) is 9.52 Å². The van der Waals surface area contributed by atoms with Gasteiger partial charge < -0.3 is 9.52 Å². The van der Waals surface area contributed by atoms with Crippen molar-refractivity contribution in [3.63, 3.8) is 0 Å². The Bertz CT molecular complexity index is 956. The molecule has 22 heavy (non-hydrogen) atoms. The summed E-state index contributed by atoms with van der Waals surface area (Å²) in [5.74, 6) is -0.420. The van der Waals surface area contributed by atoms with Gasteiger partial charge in [0.1, 0.15) is 11.2 Å². The summed E-state index contributed by atoms with van der Waals surface area (Å²) in [7, 11) is 0. The smallest absolute Gasteiger partial charge is 0.307 e. The Balaban J connectivity index is 2.45. The second kappa shape index (κ2) is 5.50. The van der Waals surface area contributed by atoms with Crippen molar-refractivity contribution >= 4 is 40.5 Å². The van der Waals surface area contributed by atoms with Crippen LogP contribution in [0, 0.1) is 6.92 Å². The molecule has 2 aromatic carbocycles. The molecule has 0 aliphatic carbocycles. The zero-order valence-corrected chi connectivity index (χ0v) is 12.8. The fraction of sp³-hybridized carbons (Fsp3) is 0.176. The number of fused-ring (bicyclic) bond motifs is 2. The van der Waals surface area contributed by atoms with Gasteiger partial charge in [-0.15, -0.1) is 0 Å². The minimum atomic E-state index is -0.962. The van der Waals surface area contributed by atoms with Gasteiger partial charge in [-0.25, -0.2) is 0 Å². The number of hydrogen-bond acceptors (Lipinski definition) is 4. The third kappa shape index (κ3) is 2.27. The molecule has 0 saturated heterocycles. The van der Waals surface area contributed by atoms with Gasteiger partial charge in [0.05, 0.1) is 17.2 Å². The van der Waals surface area contributed by atoms with E-state index in [-0.39, 0.29) is 11.8 Å². The molecule has 0 aliphatic heterocycles. The molecule has 5 heteroatoms. The van der Waals surface area contributed by atoms with E-state index >= 15 is 0 Å². The highest BCUT2D eigenvalue weighted by atomic mass is 32.1. The summed E-state index contributed by atoms with van der Waals surface area (Å²) in [6, 6.07) is 8.62. The number of para-hydroxylation sites is 1. The third-order valence-corrected chi connectivity index (χ3v) is 4.16. The van der Waals surface area contributed by atoms with E-state index in [1.807, 2.05) is 13.0 Å². The summed E-state index contributed by atoms with van der Waals surface area (Å²) in [5, 5.41) is 9.93. The summed E-state index contributed by atoms with van der Waals surface area (Å²) in [6.45, 7) is 1.88. The maximum Gasteiger partial charge on any atom is 0.307 e. The molecule has 1 heterocycles. The van der Waals surface area contributed by atoms with Crippen molar-refractivity contribution in [3.8, 4) is 0 Å². The van der Waals surface area contributed by atoms with E-state index in [1.165, 1.54) is 0 Å². The Kier molecular flexibility index (Phi) is 3.66. The van der Waals surface area contributed by atoms with Crippen molar-refractivity contribution in [3.05, 3.63) is 57.2 Å². The van der Waals surface area contributed by atoms with Gasteiger partial charge in [0.2, 0.25) is 5.43 Å². The van der Waals surface area contributed by atoms with Gasteiger partial charge >= 0.3 is 5.97 Å². The van der Waals surface area contributed by atoms with Crippen LogP contribution in [-0.2, 0) is 17.0 Å². The molecule has 0 amide bonds. The maximum absolute atomic E-state index is 12.7. The molecule has 0 radical (unpaired) electrons. The number of thiol groups is 1. The lowest BCUT2D eigenvalue weighted by Crippen LogP contribution is -2.07. The average Bonchev–Trinajstić information content (AvgIpc) is 2.49. The molecular weight excluding hydrogens is 300 g/mol. The Labute approximate surface area is 131 Å². The first-order valence-electron chi connectivity index (χ1n) is 6.82. The SMILES string of the molecule is Cc1c(CS)ccc2c(=O)c3cccc(CC(=O)O)c3oc12. The van der Waals surface area contributed by atoms with Crippen LogP contribution in [0.3, 0.4) is 0 Å². The molecule has 3 aromatic rings. The Morgan fingerprint density at radius 1 is 1.14 bits per heavy atom. The van der Waals surface area contributed by atoms with Gasteiger partial charge in [0.15, 0.2) is 0 Å². The standard InChI is InChI=1S/C17H14O4S/c1-9-11(8-22)5-6-13-15(20)12-4-2-3-10(7-14(18)19)17(12)21-16(9)13/h2-6,22H,7-8H2,1H3,(H,18,19). The summed E-state index contributed by atoms with van der Waals surface area (Å²) in [5.41, 5.74) is 3.05. The minimum absolute atomic E-state index is 0.141. The van der Waals surface area contributed by atoms with E-state index in [0.29, 0.717) is 33.3 Å². The lowest BCUT2D eigenvalue weighted by Gasteiger charge is -2.09. The first-order valence-corrected chi connectivity index (χ1v) is 7.45. The van der Waals surface area contributed by atoms with Gasteiger partial charge in [-0.3, -0.25) is 9.59 Å². The number of carboxylic acid groups (broad SMARTS) is 1.